The summed E-state index contributed by atoms with van der Waals surface area (Å²) in [6, 6.07) is 10.8. The van der Waals surface area contributed by atoms with Crippen molar-refractivity contribution in [1.29, 1.82) is 0 Å². The number of nitrogens with zero attached hydrogens (tertiary/aromatic N) is 2. The van der Waals surface area contributed by atoms with Gasteiger partial charge in [0.25, 0.3) is 0 Å². The van der Waals surface area contributed by atoms with E-state index in [0.717, 1.165) is 5.69 Å². The van der Waals surface area contributed by atoms with Crippen molar-refractivity contribution < 1.29 is 14.2 Å². The molecular formula is C17H13Cl2N3O3S. The molecule has 6 nitrogen and oxygen atoms in total. The highest BCUT2D eigenvalue weighted by atomic mass is 35.5. The van der Waals surface area contributed by atoms with Gasteiger partial charge < -0.3 is 14.2 Å². The van der Waals surface area contributed by atoms with Crippen LogP contribution in [0, 0.1) is 4.77 Å². The van der Waals surface area contributed by atoms with E-state index >= 15 is 0 Å². The first-order chi connectivity index (χ1) is 12.6. The second kappa shape index (κ2) is 7.19. The zero-order chi connectivity index (χ0) is 18.1. The fraction of sp³-hybridized carbons (Fsp3) is 0.176. The molecule has 3 aromatic rings. The predicted molar refractivity (Wildman–Crippen MR) is 101 cm³/mol. The predicted octanol–water partition coefficient (Wildman–Crippen LogP) is 4.59. The molecule has 0 aliphatic carbocycles. The van der Waals surface area contributed by atoms with Crippen LogP contribution in [0.25, 0.3) is 5.69 Å². The summed E-state index contributed by atoms with van der Waals surface area (Å²) < 4.78 is 19.2. The quantitative estimate of drug-likeness (QED) is 0.638. The van der Waals surface area contributed by atoms with Crippen LogP contribution >= 0.6 is 35.4 Å². The number of benzene rings is 2. The molecule has 1 N–H and O–H groups in total. The van der Waals surface area contributed by atoms with Gasteiger partial charge in [-0.3, -0.25) is 9.67 Å². The third-order valence-corrected chi connectivity index (χ3v) is 4.87. The van der Waals surface area contributed by atoms with Crippen LogP contribution in [0.3, 0.4) is 0 Å². The number of aromatic amines is 1. The zero-order valence-corrected chi connectivity index (χ0v) is 15.7. The van der Waals surface area contributed by atoms with Crippen LogP contribution in [0.4, 0.5) is 0 Å². The fourth-order valence-electron chi connectivity index (χ4n) is 2.60. The van der Waals surface area contributed by atoms with Crippen LogP contribution in [-0.4, -0.2) is 28.0 Å². The molecular weight excluding hydrogens is 397 g/mol. The lowest BCUT2D eigenvalue weighted by atomic mass is 10.2. The van der Waals surface area contributed by atoms with E-state index in [1.54, 1.807) is 22.8 Å². The van der Waals surface area contributed by atoms with Gasteiger partial charge in [-0.25, -0.2) is 0 Å². The van der Waals surface area contributed by atoms with Crippen LogP contribution in [0.1, 0.15) is 5.82 Å². The second-order valence-corrected chi connectivity index (χ2v) is 6.62. The molecule has 0 bridgehead atoms. The highest BCUT2D eigenvalue weighted by Crippen LogP contribution is 2.33. The van der Waals surface area contributed by atoms with E-state index in [-0.39, 0.29) is 6.61 Å². The minimum Gasteiger partial charge on any atom is -0.486 e. The average molecular weight is 410 g/mol. The van der Waals surface area contributed by atoms with Crippen molar-refractivity contribution in [2.45, 2.75) is 6.61 Å². The van der Waals surface area contributed by atoms with Crippen molar-refractivity contribution in [3.05, 3.63) is 57.0 Å². The highest BCUT2D eigenvalue weighted by Gasteiger charge is 2.16. The molecule has 4 rings (SSSR count). The van der Waals surface area contributed by atoms with Gasteiger partial charge in [-0.2, -0.15) is 5.10 Å². The SMILES string of the molecule is S=c1[nH]nc(COc2cccc(Cl)c2Cl)n1-c1ccc2c(c1)OCCO2. The number of fused-ring (bicyclic) bond motifs is 1. The lowest BCUT2D eigenvalue weighted by molar-refractivity contribution is 0.171. The Bertz CT molecular complexity index is 1020. The minimum atomic E-state index is 0.154. The zero-order valence-electron chi connectivity index (χ0n) is 13.4. The fourth-order valence-corrected chi connectivity index (χ4v) is 3.20. The Morgan fingerprint density at radius 3 is 2.81 bits per heavy atom. The number of ether oxygens (including phenoxy) is 3. The van der Waals surface area contributed by atoms with Crippen molar-refractivity contribution in [3.63, 3.8) is 0 Å². The summed E-state index contributed by atoms with van der Waals surface area (Å²) in [4.78, 5) is 0. The Morgan fingerprint density at radius 1 is 1.15 bits per heavy atom. The Balaban J connectivity index is 1.64. The van der Waals surface area contributed by atoms with Crippen molar-refractivity contribution in [2.24, 2.45) is 0 Å². The average Bonchev–Trinajstić information content (AvgIpc) is 3.03. The van der Waals surface area contributed by atoms with Crippen molar-refractivity contribution in [1.82, 2.24) is 14.8 Å². The molecule has 9 heteroatoms. The third kappa shape index (κ3) is 3.25. The van der Waals surface area contributed by atoms with E-state index in [9.17, 15) is 0 Å². The molecule has 26 heavy (non-hydrogen) atoms. The Kier molecular flexibility index (Phi) is 4.76. The molecule has 2 aromatic carbocycles. The van der Waals surface area contributed by atoms with E-state index in [1.165, 1.54) is 0 Å². The maximum absolute atomic E-state index is 6.16. The third-order valence-electron chi connectivity index (χ3n) is 3.80. The van der Waals surface area contributed by atoms with E-state index in [1.807, 2.05) is 18.2 Å². The number of nitrogens with one attached hydrogen (secondary N) is 1. The molecule has 1 aliphatic rings. The van der Waals surface area contributed by atoms with E-state index in [0.29, 0.717) is 51.1 Å². The number of halogens is 2. The minimum absolute atomic E-state index is 0.154. The Morgan fingerprint density at radius 2 is 1.96 bits per heavy atom. The summed E-state index contributed by atoms with van der Waals surface area (Å²) in [6.45, 7) is 1.20. The molecule has 0 saturated carbocycles. The van der Waals surface area contributed by atoms with Gasteiger partial charge in [0.05, 0.1) is 10.7 Å². The Labute approximate surface area is 164 Å². The largest absolute Gasteiger partial charge is 0.486 e. The van der Waals surface area contributed by atoms with E-state index < -0.39 is 0 Å². The van der Waals surface area contributed by atoms with Crippen LogP contribution in [0.5, 0.6) is 17.2 Å². The molecule has 1 aliphatic heterocycles. The molecule has 0 spiro atoms. The lowest BCUT2D eigenvalue weighted by Gasteiger charge is -2.19. The van der Waals surface area contributed by atoms with Gasteiger partial charge in [-0.1, -0.05) is 29.3 Å². The maximum Gasteiger partial charge on any atom is 0.199 e. The van der Waals surface area contributed by atoms with Crippen molar-refractivity contribution >= 4 is 35.4 Å². The topological polar surface area (TPSA) is 61.3 Å². The molecule has 0 radical (unpaired) electrons. The van der Waals surface area contributed by atoms with Gasteiger partial charge in [0.2, 0.25) is 0 Å². The van der Waals surface area contributed by atoms with Gasteiger partial charge in [-0.05, 0) is 36.5 Å². The second-order valence-electron chi connectivity index (χ2n) is 5.45. The number of rotatable bonds is 4. The van der Waals surface area contributed by atoms with Crippen LogP contribution in [-0.2, 0) is 6.61 Å². The first kappa shape index (κ1) is 17.2. The first-order valence-corrected chi connectivity index (χ1v) is 8.93. The number of hydrogen-bond acceptors (Lipinski definition) is 5. The summed E-state index contributed by atoms with van der Waals surface area (Å²) in [5.41, 5.74) is 0.795. The number of hydrogen-bond donors (Lipinski definition) is 1. The van der Waals surface area contributed by atoms with Crippen LogP contribution in [0.15, 0.2) is 36.4 Å². The standard InChI is InChI=1S/C17H13Cl2N3O3S/c18-11-2-1-3-13(16(11)19)25-9-15-20-21-17(26)22(15)10-4-5-12-14(8-10)24-7-6-23-12/h1-5,8H,6-7,9H2,(H,21,26). The Hall–Kier alpha value is -2.22. The molecule has 134 valence electrons. The number of aromatic nitrogens is 3. The monoisotopic (exact) mass is 409 g/mol. The van der Waals surface area contributed by atoms with Gasteiger partial charge in [0.1, 0.15) is 30.6 Å². The molecule has 1 aromatic heterocycles. The maximum atomic E-state index is 6.16. The van der Waals surface area contributed by atoms with Crippen molar-refractivity contribution in [3.8, 4) is 22.9 Å². The van der Waals surface area contributed by atoms with Gasteiger partial charge in [0.15, 0.2) is 22.1 Å². The van der Waals surface area contributed by atoms with Gasteiger partial charge >= 0.3 is 0 Å². The summed E-state index contributed by atoms with van der Waals surface area (Å²) >= 11 is 17.5. The molecule has 2 heterocycles. The summed E-state index contributed by atoms with van der Waals surface area (Å²) in [6.07, 6.45) is 0. The molecule has 0 fully saturated rings. The highest BCUT2D eigenvalue weighted by molar-refractivity contribution is 7.71. The molecule has 0 atom stereocenters. The number of H-pyrrole nitrogens is 1. The molecule has 0 saturated heterocycles. The van der Waals surface area contributed by atoms with Gasteiger partial charge in [-0.15, -0.1) is 0 Å². The van der Waals surface area contributed by atoms with Gasteiger partial charge in [0, 0.05) is 6.07 Å². The molecule has 0 unspecified atom stereocenters. The van der Waals surface area contributed by atoms with E-state index in [2.05, 4.69) is 10.2 Å². The normalized spacial score (nSPS) is 12.8. The lowest BCUT2D eigenvalue weighted by Crippen LogP contribution is -2.15. The van der Waals surface area contributed by atoms with E-state index in [4.69, 9.17) is 49.6 Å². The van der Waals surface area contributed by atoms with Crippen LogP contribution < -0.4 is 14.2 Å². The summed E-state index contributed by atoms with van der Waals surface area (Å²) in [5.74, 6) is 2.43. The summed E-state index contributed by atoms with van der Waals surface area (Å²) in [7, 11) is 0. The summed E-state index contributed by atoms with van der Waals surface area (Å²) in [5, 5.41) is 7.81. The molecule has 0 amide bonds. The first-order valence-electron chi connectivity index (χ1n) is 7.76. The smallest absolute Gasteiger partial charge is 0.199 e. The van der Waals surface area contributed by atoms with Crippen molar-refractivity contribution in [2.75, 3.05) is 13.2 Å². The van der Waals surface area contributed by atoms with Crippen LogP contribution in [0.2, 0.25) is 10.0 Å².